The molecule has 1 aromatic rings. The van der Waals surface area contributed by atoms with Crippen molar-refractivity contribution < 1.29 is 22.7 Å². The molecule has 25 heavy (non-hydrogen) atoms. The van der Waals surface area contributed by atoms with E-state index in [0.29, 0.717) is 13.2 Å². The summed E-state index contributed by atoms with van der Waals surface area (Å²) in [4.78, 5) is 14.3. The number of hydrogen-bond acceptors (Lipinski definition) is 3. The van der Waals surface area contributed by atoms with E-state index in [1.54, 1.807) is 0 Å². The normalized spacial score (nSPS) is 15.9. The van der Waals surface area contributed by atoms with Crippen LogP contribution in [0.4, 0.5) is 23.7 Å². The first-order valence-electron chi connectivity index (χ1n) is 8.31. The Morgan fingerprint density at radius 2 is 1.80 bits per heavy atom. The Hall–Kier alpha value is -1.80. The Balaban J connectivity index is 0.000000450. The average Bonchev–Trinajstić information content (AvgIpc) is 2.58. The number of anilines is 1. The highest BCUT2D eigenvalue weighted by molar-refractivity contribution is 5.89. The lowest BCUT2D eigenvalue weighted by Crippen LogP contribution is -2.46. The van der Waals surface area contributed by atoms with E-state index >= 15 is 0 Å². The number of amides is 2. The summed E-state index contributed by atoms with van der Waals surface area (Å²) in [7, 11) is 0.583. The quantitative estimate of drug-likeness (QED) is 0.857. The van der Waals surface area contributed by atoms with Crippen molar-refractivity contribution in [1.82, 2.24) is 10.2 Å². The van der Waals surface area contributed by atoms with Crippen LogP contribution >= 0.6 is 0 Å². The Morgan fingerprint density at radius 3 is 2.28 bits per heavy atom. The van der Waals surface area contributed by atoms with Crippen LogP contribution < -0.4 is 10.6 Å². The van der Waals surface area contributed by atoms with Gasteiger partial charge in [0.1, 0.15) is 0 Å². The molecule has 0 aliphatic carbocycles. The second kappa shape index (κ2) is 10.9. The van der Waals surface area contributed by atoms with Crippen LogP contribution in [0, 0.1) is 0 Å². The number of piperidine rings is 1. The summed E-state index contributed by atoms with van der Waals surface area (Å²) in [5.41, 5.74) is 0.836. The molecule has 0 unspecified atom stereocenters. The topological polar surface area (TPSA) is 53.6 Å². The van der Waals surface area contributed by atoms with Gasteiger partial charge in [-0.15, -0.1) is 13.2 Å². The predicted molar refractivity (Wildman–Crippen MR) is 91.4 cm³/mol. The summed E-state index contributed by atoms with van der Waals surface area (Å²) in [6, 6.07) is 9.76. The van der Waals surface area contributed by atoms with Gasteiger partial charge in [0.15, 0.2) is 0 Å². The van der Waals surface area contributed by atoms with Gasteiger partial charge in [0.05, 0.1) is 0 Å². The van der Waals surface area contributed by atoms with E-state index in [-0.39, 0.29) is 6.03 Å². The number of methoxy groups -OCH3 is 1. The molecule has 0 bridgehead atoms. The number of carbonyl (C=O) groups is 1. The summed E-state index contributed by atoms with van der Waals surface area (Å²) in [6.07, 6.45) is -1.17. The molecule has 2 rings (SSSR count). The van der Waals surface area contributed by atoms with E-state index in [0.717, 1.165) is 31.6 Å². The molecule has 2 N–H and O–H groups in total. The highest BCUT2D eigenvalue weighted by Crippen LogP contribution is 2.13. The van der Waals surface area contributed by atoms with Crippen molar-refractivity contribution >= 4 is 11.7 Å². The maximum absolute atomic E-state index is 11.9. The number of ether oxygens (including phenoxy) is 1. The largest absolute Gasteiger partial charge is 0.522 e. The van der Waals surface area contributed by atoms with Crippen molar-refractivity contribution in [3.05, 3.63) is 30.3 Å². The highest BCUT2D eigenvalue weighted by atomic mass is 19.4. The maximum atomic E-state index is 11.9. The molecule has 1 heterocycles. The number of hydrogen-bond donors (Lipinski definition) is 2. The molecule has 1 aliphatic heterocycles. The molecule has 0 aromatic heterocycles. The zero-order valence-electron chi connectivity index (χ0n) is 14.6. The zero-order chi connectivity index (χ0) is 18.7. The fraction of sp³-hybridized carbons (Fsp3) is 0.588. The van der Waals surface area contributed by atoms with Crippen LogP contribution in [0.25, 0.3) is 0 Å². The number of para-hydroxylation sites is 1. The molecule has 1 saturated heterocycles. The number of nitrogens with zero attached hydrogens (tertiary/aromatic N) is 1. The van der Waals surface area contributed by atoms with Crippen molar-refractivity contribution in [1.29, 1.82) is 0 Å². The molecule has 1 aliphatic rings. The van der Waals surface area contributed by atoms with Crippen molar-refractivity contribution in [3.8, 4) is 0 Å². The van der Waals surface area contributed by atoms with Gasteiger partial charge in [-0.25, -0.2) is 4.79 Å². The van der Waals surface area contributed by atoms with Crippen LogP contribution in [0.5, 0.6) is 0 Å². The van der Waals surface area contributed by atoms with Gasteiger partial charge >= 0.3 is 12.4 Å². The number of carbonyl (C=O) groups excluding carboxylic acids is 1. The number of benzene rings is 1. The van der Waals surface area contributed by atoms with Gasteiger partial charge in [-0.05, 0) is 37.9 Å². The molecule has 1 fully saturated rings. The molecule has 5 nitrogen and oxygen atoms in total. The summed E-state index contributed by atoms with van der Waals surface area (Å²) < 4.78 is 34.6. The smallest absolute Gasteiger partial charge is 0.335 e. The molecule has 0 saturated carbocycles. The summed E-state index contributed by atoms with van der Waals surface area (Å²) >= 11 is 0. The van der Waals surface area contributed by atoms with Gasteiger partial charge in [-0.1, -0.05) is 25.1 Å². The predicted octanol–water partition coefficient (Wildman–Crippen LogP) is 3.84. The SMILES string of the molecule is CCCN1CCC(NC(=O)Nc2ccccc2)CC1.COC(F)(F)F. The van der Waals surface area contributed by atoms with E-state index < -0.39 is 6.36 Å². The molecular formula is C17H26F3N3O2. The number of nitrogens with one attached hydrogen (secondary N) is 2. The minimum Gasteiger partial charge on any atom is -0.335 e. The molecular weight excluding hydrogens is 335 g/mol. The second-order valence-corrected chi connectivity index (χ2v) is 5.73. The third kappa shape index (κ3) is 9.93. The number of rotatable bonds is 4. The van der Waals surface area contributed by atoms with Gasteiger partial charge in [-0.2, -0.15) is 0 Å². The lowest BCUT2D eigenvalue weighted by atomic mass is 10.1. The lowest BCUT2D eigenvalue weighted by molar-refractivity contribution is -0.311. The molecule has 0 spiro atoms. The average molecular weight is 361 g/mol. The first-order chi connectivity index (χ1) is 11.8. The zero-order valence-corrected chi connectivity index (χ0v) is 14.6. The Bertz CT molecular complexity index is 490. The Kier molecular flexibility index (Phi) is 9.30. The van der Waals surface area contributed by atoms with E-state index in [1.807, 2.05) is 30.3 Å². The fourth-order valence-electron chi connectivity index (χ4n) is 2.49. The van der Waals surface area contributed by atoms with Gasteiger partial charge in [0, 0.05) is 31.9 Å². The Morgan fingerprint density at radius 1 is 1.24 bits per heavy atom. The second-order valence-electron chi connectivity index (χ2n) is 5.73. The van der Waals surface area contributed by atoms with Crippen molar-refractivity contribution in [2.45, 2.75) is 38.6 Å². The summed E-state index contributed by atoms with van der Waals surface area (Å²) in [5.74, 6) is 0. The molecule has 2 amide bonds. The maximum Gasteiger partial charge on any atom is 0.522 e. The van der Waals surface area contributed by atoms with Crippen molar-refractivity contribution in [2.24, 2.45) is 0 Å². The van der Waals surface area contributed by atoms with Crippen LogP contribution in [0.15, 0.2) is 30.3 Å². The van der Waals surface area contributed by atoms with Gasteiger partial charge in [0.25, 0.3) is 0 Å². The molecule has 1 aromatic carbocycles. The first-order valence-corrected chi connectivity index (χ1v) is 8.31. The van der Waals surface area contributed by atoms with Gasteiger partial charge in [-0.3, -0.25) is 4.74 Å². The number of alkyl halides is 3. The number of likely N-dealkylation sites (tertiary alicyclic amines) is 1. The van der Waals surface area contributed by atoms with Crippen LogP contribution in [0.2, 0.25) is 0 Å². The summed E-state index contributed by atoms with van der Waals surface area (Å²) in [5, 5.41) is 5.92. The summed E-state index contributed by atoms with van der Waals surface area (Å²) in [6.45, 7) is 5.55. The molecule has 0 radical (unpaired) electrons. The number of halogens is 3. The third-order valence-electron chi connectivity index (χ3n) is 3.73. The van der Waals surface area contributed by atoms with Crippen LogP contribution in [0.3, 0.4) is 0 Å². The minimum absolute atomic E-state index is 0.0971. The van der Waals surface area contributed by atoms with Crippen LogP contribution in [-0.4, -0.2) is 50.1 Å². The highest BCUT2D eigenvalue weighted by Gasteiger charge is 2.25. The fourth-order valence-corrected chi connectivity index (χ4v) is 2.49. The van der Waals surface area contributed by atoms with Crippen molar-refractivity contribution in [2.75, 3.05) is 32.1 Å². The van der Waals surface area contributed by atoms with Gasteiger partial charge < -0.3 is 15.5 Å². The van der Waals surface area contributed by atoms with E-state index in [4.69, 9.17) is 0 Å². The molecule has 142 valence electrons. The Labute approximate surface area is 146 Å². The van der Waals surface area contributed by atoms with E-state index in [9.17, 15) is 18.0 Å². The minimum atomic E-state index is -4.46. The van der Waals surface area contributed by atoms with E-state index in [2.05, 4.69) is 27.2 Å². The monoisotopic (exact) mass is 361 g/mol. The third-order valence-corrected chi connectivity index (χ3v) is 3.73. The number of urea groups is 1. The standard InChI is InChI=1S/C15H23N3O.C2H3F3O/c1-2-10-18-11-8-14(9-12-18)17-15(19)16-13-6-4-3-5-7-13;1-6-2(3,4)5/h3-7,14H,2,8-12H2,1H3,(H2,16,17,19);1H3. The molecule has 8 heteroatoms. The lowest BCUT2D eigenvalue weighted by Gasteiger charge is -2.32. The first kappa shape index (κ1) is 21.2. The molecule has 0 atom stereocenters. The van der Waals surface area contributed by atoms with Crippen LogP contribution in [-0.2, 0) is 4.74 Å². The van der Waals surface area contributed by atoms with E-state index in [1.165, 1.54) is 13.0 Å². The van der Waals surface area contributed by atoms with Gasteiger partial charge in [0.2, 0.25) is 0 Å². The van der Waals surface area contributed by atoms with Crippen molar-refractivity contribution in [3.63, 3.8) is 0 Å². The van der Waals surface area contributed by atoms with Crippen LogP contribution in [0.1, 0.15) is 26.2 Å².